The number of carboxylic acid groups (broad SMARTS) is 1. The summed E-state index contributed by atoms with van der Waals surface area (Å²) in [7, 11) is 0. The summed E-state index contributed by atoms with van der Waals surface area (Å²) in [4.78, 5) is 65.7. The van der Waals surface area contributed by atoms with Gasteiger partial charge < -0.3 is 20.5 Å². The zero-order valence-electron chi connectivity index (χ0n) is 42.4. The Morgan fingerprint density at radius 1 is 0.616 bits per heavy atom. The first kappa shape index (κ1) is 54.4. The van der Waals surface area contributed by atoms with E-state index in [-0.39, 0.29) is 42.0 Å². The monoisotopic (exact) mass is 1010 g/mol. The van der Waals surface area contributed by atoms with Crippen molar-refractivity contribution in [3.05, 3.63) is 179 Å². The van der Waals surface area contributed by atoms with Gasteiger partial charge in [0.1, 0.15) is 12.6 Å². The molecule has 3 fully saturated rings. The van der Waals surface area contributed by atoms with Crippen molar-refractivity contribution in [1.82, 2.24) is 15.6 Å². The number of esters is 1. The fraction of sp³-hybridized carbons (Fsp3) is 0.419. The van der Waals surface area contributed by atoms with E-state index in [9.17, 15) is 24.0 Å². The molecule has 1 heterocycles. The van der Waals surface area contributed by atoms with Gasteiger partial charge in [0.15, 0.2) is 5.78 Å². The molecule has 0 spiro atoms. The van der Waals surface area contributed by atoms with Gasteiger partial charge >= 0.3 is 11.9 Å². The van der Waals surface area contributed by atoms with Crippen molar-refractivity contribution >= 4 is 46.2 Å². The van der Waals surface area contributed by atoms with Gasteiger partial charge in [0.05, 0.1) is 17.7 Å². The minimum atomic E-state index is -0.640. The first-order valence-electron chi connectivity index (χ1n) is 26.5. The first-order valence-corrected chi connectivity index (χ1v) is 26.8. The number of nitrogens with one attached hydrogen (secondary N) is 2. The van der Waals surface area contributed by atoms with Gasteiger partial charge in [-0.25, -0.2) is 4.79 Å². The largest absolute Gasteiger partial charge is 0.481 e. The van der Waals surface area contributed by atoms with Crippen LogP contribution in [-0.2, 0) is 48.2 Å². The van der Waals surface area contributed by atoms with Gasteiger partial charge in [0, 0.05) is 41.5 Å². The molecule has 10 nitrogen and oxygen atoms in total. The molecule has 0 bridgehead atoms. The molecule has 5 aromatic rings. The van der Waals surface area contributed by atoms with Gasteiger partial charge in [-0.2, -0.15) is 0 Å². The van der Waals surface area contributed by atoms with E-state index < -0.39 is 24.0 Å². The lowest BCUT2D eigenvalue weighted by atomic mass is 9.77. The normalized spacial score (nSPS) is 21.9. The van der Waals surface area contributed by atoms with Crippen LogP contribution in [0.1, 0.15) is 154 Å². The minimum Gasteiger partial charge on any atom is -0.481 e. The molecule has 9 rings (SSSR count). The van der Waals surface area contributed by atoms with E-state index in [4.69, 9.17) is 21.4 Å². The highest BCUT2D eigenvalue weighted by Crippen LogP contribution is 2.39. The maximum absolute atomic E-state index is 12.8. The van der Waals surface area contributed by atoms with Crippen LogP contribution in [0.3, 0.4) is 0 Å². The molecule has 4 aromatic carbocycles. The Morgan fingerprint density at radius 3 is 1.56 bits per heavy atom. The number of benzene rings is 4. The fourth-order valence-corrected chi connectivity index (χ4v) is 11.1. The number of halogens is 1. The third kappa shape index (κ3) is 16.3. The molecule has 3 saturated carbocycles. The van der Waals surface area contributed by atoms with Crippen LogP contribution in [0, 0.1) is 17.8 Å². The quantitative estimate of drug-likeness (QED) is 0.0877. The van der Waals surface area contributed by atoms with Crippen molar-refractivity contribution in [3.63, 3.8) is 0 Å². The third-order valence-electron chi connectivity index (χ3n) is 15.1. The van der Waals surface area contributed by atoms with Crippen LogP contribution in [0.25, 0.3) is 5.03 Å². The molecular formula is C62H72ClN3O7. The number of amides is 2. The van der Waals surface area contributed by atoms with Crippen LogP contribution in [0.15, 0.2) is 140 Å². The molecule has 0 saturated heterocycles. The maximum atomic E-state index is 12.8. The van der Waals surface area contributed by atoms with E-state index >= 15 is 0 Å². The average Bonchev–Trinajstić information content (AvgIpc) is 3.82. The molecule has 0 radical (unpaired) electrons. The number of aromatic nitrogens is 1. The van der Waals surface area contributed by atoms with Gasteiger partial charge in [-0.05, 0) is 130 Å². The van der Waals surface area contributed by atoms with Gasteiger partial charge in [-0.3, -0.25) is 24.2 Å². The van der Waals surface area contributed by atoms with Crippen molar-refractivity contribution in [2.45, 2.75) is 147 Å². The molecule has 73 heavy (non-hydrogen) atoms. The lowest BCUT2D eigenvalue weighted by molar-refractivity contribution is -0.149. The average molecular weight is 1010 g/mol. The van der Waals surface area contributed by atoms with Crippen LogP contribution < -0.4 is 10.6 Å². The Hall–Kier alpha value is -6.39. The number of ether oxygens (including phenoxy) is 1. The van der Waals surface area contributed by atoms with E-state index in [1.807, 2.05) is 91.1 Å². The summed E-state index contributed by atoms with van der Waals surface area (Å²) in [6.45, 7) is 3.69. The van der Waals surface area contributed by atoms with E-state index in [1.54, 1.807) is 13.8 Å². The van der Waals surface area contributed by atoms with Gasteiger partial charge in [0.2, 0.25) is 11.8 Å². The predicted octanol–water partition coefficient (Wildman–Crippen LogP) is 12.5. The third-order valence-corrected chi connectivity index (χ3v) is 15.5. The van der Waals surface area contributed by atoms with Gasteiger partial charge in [0.25, 0.3) is 0 Å². The summed E-state index contributed by atoms with van der Waals surface area (Å²) < 4.78 is 5.31. The Labute approximate surface area is 436 Å². The highest BCUT2D eigenvalue weighted by atomic mass is 35.5. The van der Waals surface area contributed by atoms with Crippen molar-refractivity contribution in [1.29, 1.82) is 0 Å². The van der Waals surface area contributed by atoms with Crippen molar-refractivity contribution in [3.8, 4) is 0 Å². The molecular weight excluding hydrogens is 934 g/mol. The molecule has 8 atom stereocenters. The SMILES string of the molecule is C[C@H](NC(=O)[C@@H]1CCC[C@H](c2ccccc2)C1)C(=O)CCc1cnc2c(c1)C(Cl)=CC2.C[C@H](NC(=O)[C@@H]1CCC[C@H](c2ccccc2)C1)C(=O)OCc1ccccc1.O=C(O)C1CCCC(c2ccccc2)C1. The number of allylic oxidation sites excluding steroid dienone is 1. The van der Waals surface area contributed by atoms with Crippen LogP contribution >= 0.6 is 11.6 Å². The molecule has 1 aromatic heterocycles. The number of carbonyl (C=O) groups is 5. The molecule has 384 valence electrons. The topological polar surface area (TPSA) is 152 Å². The van der Waals surface area contributed by atoms with Crippen molar-refractivity contribution in [2.75, 3.05) is 0 Å². The van der Waals surface area contributed by atoms with Crippen molar-refractivity contribution < 1.29 is 33.8 Å². The number of aryl methyl sites for hydroxylation is 1. The second kappa shape index (κ2) is 27.6. The molecule has 3 N–H and O–H groups in total. The number of carbonyl (C=O) groups excluding carboxylic acids is 4. The lowest BCUT2D eigenvalue weighted by Crippen LogP contribution is -2.43. The number of rotatable bonds is 15. The highest BCUT2D eigenvalue weighted by Gasteiger charge is 2.32. The summed E-state index contributed by atoms with van der Waals surface area (Å²) in [6, 6.07) is 41.5. The first-order chi connectivity index (χ1) is 35.4. The molecule has 0 aliphatic heterocycles. The lowest BCUT2D eigenvalue weighted by Gasteiger charge is -2.29. The second-order valence-electron chi connectivity index (χ2n) is 20.4. The van der Waals surface area contributed by atoms with Gasteiger partial charge in [-0.1, -0.05) is 158 Å². The summed E-state index contributed by atoms with van der Waals surface area (Å²) in [5.74, 6) is 0.0601. The molecule has 2 unspecified atom stereocenters. The summed E-state index contributed by atoms with van der Waals surface area (Å²) in [6.07, 6.45) is 17.1. The number of aliphatic carboxylic acids is 1. The Kier molecular flexibility index (Phi) is 20.6. The number of ketones is 1. The van der Waals surface area contributed by atoms with E-state index in [0.717, 1.165) is 111 Å². The van der Waals surface area contributed by atoms with Crippen LogP contribution in [0.2, 0.25) is 0 Å². The summed E-state index contributed by atoms with van der Waals surface area (Å²) in [5.41, 5.74) is 7.79. The molecule has 2 amide bonds. The highest BCUT2D eigenvalue weighted by molar-refractivity contribution is 6.49. The number of hydrogen-bond donors (Lipinski definition) is 3. The number of pyridine rings is 1. The van der Waals surface area contributed by atoms with Gasteiger partial charge in [-0.15, -0.1) is 0 Å². The smallest absolute Gasteiger partial charge is 0.328 e. The number of Topliss-reactive ketones (excluding diaryl/α,β-unsaturated/α-hetero) is 1. The van der Waals surface area contributed by atoms with Crippen LogP contribution in [-0.4, -0.2) is 51.7 Å². The molecule has 11 heteroatoms. The zero-order valence-corrected chi connectivity index (χ0v) is 43.2. The number of fused-ring (bicyclic) bond motifs is 1. The summed E-state index contributed by atoms with van der Waals surface area (Å²) in [5, 5.41) is 15.6. The predicted molar refractivity (Wildman–Crippen MR) is 288 cm³/mol. The Morgan fingerprint density at radius 2 is 1.07 bits per heavy atom. The maximum Gasteiger partial charge on any atom is 0.328 e. The van der Waals surface area contributed by atoms with Crippen LogP contribution in [0.4, 0.5) is 0 Å². The van der Waals surface area contributed by atoms with Crippen LogP contribution in [0.5, 0.6) is 0 Å². The zero-order chi connectivity index (χ0) is 51.5. The number of hydrogen-bond acceptors (Lipinski definition) is 7. The molecule has 4 aliphatic rings. The van der Waals surface area contributed by atoms with E-state index in [1.165, 1.54) is 16.7 Å². The van der Waals surface area contributed by atoms with E-state index in [2.05, 4.69) is 64.1 Å². The van der Waals surface area contributed by atoms with Crippen molar-refractivity contribution in [2.24, 2.45) is 17.8 Å². The minimum absolute atomic E-state index is 0.0117. The fourth-order valence-electron chi connectivity index (χ4n) is 10.8. The summed E-state index contributed by atoms with van der Waals surface area (Å²) >= 11 is 6.21. The second-order valence-corrected chi connectivity index (χ2v) is 20.8. The number of carboxylic acids is 1. The van der Waals surface area contributed by atoms with E-state index in [0.29, 0.717) is 30.6 Å². The Bertz CT molecular complexity index is 2610. The Balaban J connectivity index is 0.000000169. The standard InChI is InChI=1S/C26H29ClN2O2.C23H27NO3.C13H16O2/c1-17(25(30)13-10-18-14-22-23(27)11-12-24(22)28-16-18)29-26(31)21-9-5-8-20(15-21)19-6-3-2-4-7-19;1-17(23(26)27-16-18-9-4-2-5-10-18)24-22(25)21-14-8-13-20(15-21)19-11-6-3-7-12-19;14-13(15)12-8-4-7-11(9-12)10-5-2-1-3-6-10/h2-4,6-7,11,14,16-17,20-21H,5,8-10,12-13,15H2,1H3,(H,29,31);2-7,9-12,17,20-21H,8,13-16H2,1H3,(H,24,25);1-3,5-6,11-12H,4,7-9H2,(H,14,15)/t2*17-,20-,21+;/m00./s1. The molecule has 4 aliphatic carbocycles. The number of nitrogens with zero attached hydrogens (tertiary/aromatic N) is 1.